The molecule has 1 aromatic heterocycles. The smallest absolute Gasteiger partial charge is 0.206 e. The summed E-state index contributed by atoms with van der Waals surface area (Å²) in [7, 11) is 0. The van der Waals surface area contributed by atoms with Crippen molar-refractivity contribution >= 4 is 0 Å². The Labute approximate surface area is 76.9 Å². The quantitative estimate of drug-likeness (QED) is 0.757. The van der Waals surface area contributed by atoms with Gasteiger partial charge < -0.3 is 4.74 Å². The van der Waals surface area contributed by atoms with E-state index in [0.717, 1.165) is 12.8 Å². The molecular formula is C8H14N4O. The van der Waals surface area contributed by atoms with E-state index in [1.165, 1.54) is 12.8 Å². The molecule has 0 atom stereocenters. The van der Waals surface area contributed by atoms with Crippen molar-refractivity contribution in [2.24, 2.45) is 0 Å². The van der Waals surface area contributed by atoms with Crippen LogP contribution in [0.3, 0.4) is 0 Å². The SMILES string of the molecule is CCOC1(c2nn[nH]n2)CCCC1. The van der Waals surface area contributed by atoms with Gasteiger partial charge in [-0.05, 0) is 32.6 Å². The maximum absolute atomic E-state index is 5.75. The van der Waals surface area contributed by atoms with E-state index in [-0.39, 0.29) is 5.60 Å². The summed E-state index contributed by atoms with van der Waals surface area (Å²) in [6, 6.07) is 0. The lowest BCUT2D eigenvalue weighted by Crippen LogP contribution is -2.27. The Morgan fingerprint density at radius 1 is 1.46 bits per heavy atom. The number of nitrogens with zero attached hydrogens (tertiary/aromatic N) is 3. The highest BCUT2D eigenvalue weighted by atomic mass is 16.5. The Kier molecular flexibility index (Phi) is 2.26. The summed E-state index contributed by atoms with van der Waals surface area (Å²) in [6.45, 7) is 2.70. The molecule has 0 aliphatic heterocycles. The molecule has 13 heavy (non-hydrogen) atoms. The van der Waals surface area contributed by atoms with Gasteiger partial charge in [-0.3, -0.25) is 0 Å². The Bertz CT molecular complexity index is 253. The average Bonchev–Trinajstić information content (AvgIpc) is 2.73. The Morgan fingerprint density at radius 2 is 2.23 bits per heavy atom. The molecule has 1 saturated carbocycles. The molecule has 0 radical (unpaired) electrons. The zero-order valence-electron chi connectivity index (χ0n) is 7.79. The van der Waals surface area contributed by atoms with Crippen molar-refractivity contribution in [3.05, 3.63) is 5.82 Å². The lowest BCUT2D eigenvalue weighted by Gasteiger charge is -2.24. The number of ether oxygens (including phenoxy) is 1. The first-order valence-corrected chi connectivity index (χ1v) is 4.75. The van der Waals surface area contributed by atoms with E-state index in [0.29, 0.717) is 12.4 Å². The fraction of sp³-hybridized carbons (Fsp3) is 0.875. The largest absolute Gasteiger partial charge is 0.367 e. The molecule has 1 aromatic rings. The van der Waals surface area contributed by atoms with Crippen LogP contribution in [0.2, 0.25) is 0 Å². The van der Waals surface area contributed by atoms with Crippen LogP contribution in [0.15, 0.2) is 0 Å². The van der Waals surface area contributed by atoms with E-state index in [4.69, 9.17) is 4.74 Å². The first kappa shape index (κ1) is 8.62. The molecule has 1 N–H and O–H groups in total. The molecule has 1 aliphatic carbocycles. The third-order valence-electron chi connectivity index (χ3n) is 2.58. The topological polar surface area (TPSA) is 63.7 Å². The van der Waals surface area contributed by atoms with Gasteiger partial charge in [-0.2, -0.15) is 5.21 Å². The highest BCUT2D eigenvalue weighted by Crippen LogP contribution is 2.39. The van der Waals surface area contributed by atoms with Crippen molar-refractivity contribution in [2.45, 2.75) is 38.2 Å². The summed E-state index contributed by atoms with van der Waals surface area (Å²) in [5.74, 6) is 0.715. The Balaban J connectivity index is 2.22. The van der Waals surface area contributed by atoms with Crippen LogP contribution < -0.4 is 0 Å². The molecule has 0 aromatic carbocycles. The van der Waals surface area contributed by atoms with Gasteiger partial charge in [-0.15, -0.1) is 10.2 Å². The van der Waals surface area contributed by atoms with Gasteiger partial charge in [-0.25, -0.2) is 0 Å². The van der Waals surface area contributed by atoms with E-state index in [2.05, 4.69) is 20.6 Å². The highest BCUT2D eigenvalue weighted by molar-refractivity contribution is 5.01. The lowest BCUT2D eigenvalue weighted by molar-refractivity contribution is -0.0456. The molecule has 1 aliphatic rings. The fourth-order valence-electron chi connectivity index (χ4n) is 2.01. The van der Waals surface area contributed by atoms with Crippen LogP contribution in [0.4, 0.5) is 0 Å². The summed E-state index contributed by atoms with van der Waals surface area (Å²) in [6.07, 6.45) is 4.41. The van der Waals surface area contributed by atoms with Gasteiger partial charge in [0.25, 0.3) is 0 Å². The summed E-state index contributed by atoms with van der Waals surface area (Å²) in [4.78, 5) is 0. The molecule has 0 amide bonds. The van der Waals surface area contributed by atoms with E-state index in [1.54, 1.807) is 0 Å². The maximum Gasteiger partial charge on any atom is 0.206 e. The van der Waals surface area contributed by atoms with Crippen LogP contribution in [-0.2, 0) is 10.3 Å². The van der Waals surface area contributed by atoms with Gasteiger partial charge >= 0.3 is 0 Å². The van der Waals surface area contributed by atoms with Gasteiger partial charge in [0.15, 0.2) is 0 Å². The predicted octanol–water partition coefficient (Wildman–Crippen LogP) is 1.01. The van der Waals surface area contributed by atoms with Crippen molar-refractivity contribution in [1.29, 1.82) is 0 Å². The molecule has 5 heteroatoms. The number of rotatable bonds is 3. The molecule has 0 unspecified atom stereocenters. The third-order valence-corrected chi connectivity index (χ3v) is 2.58. The molecule has 1 heterocycles. The van der Waals surface area contributed by atoms with Gasteiger partial charge in [0, 0.05) is 6.61 Å². The molecule has 0 saturated heterocycles. The predicted molar refractivity (Wildman–Crippen MR) is 45.9 cm³/mol. The molecule has 72 valence electrons. The Morgan fingerprint density at radius 3 is 2.77 bits per heavy atom. The summed E-state index contributed by atoms with van der Waals surface area (Å²) in [5.41, 5.74) is -0.248. The van der Waals surface area contributed by atoms with Gasteiger partial charge in [0.2, 0.25) is 5.82 Å². The first-order valence-electron chi connectivity index (χ1n) is 4.75. The number of aromatic nitrogens is 4. The van der Waals surface area contributed by atoms with Crippen LogP contribution in [0, 0.1) is 0 Å². The van der Waals surface area contributed by atoms with E-state index in [1.807, 2.05) is 6.92 Å². The number of nitrogens with one attached hydrogen (secondary N) is 1. The van der Waals surface area contributed by atoms with Crippen LogP contribution in [0.1, 0.15) is 38.4 Å². The molecular weight excluding hydrogens is 168 g/mol. The highest BCUT2D eigenvalue weighted by Gasteiger charge is 2.40. The Hall–Kier alpha value is -0.970. The number of tetrazole rings is 1. The number of aromatic amines is 1. The zero-order valence-corrected chi connectivity index (χ0v) is 7.79. The second-order valence-corrected chi connectivity index (χ2v) is 3.37. The number of H-pyrrole nitrogens is 1. The first-order chi connectivity index (χ1) is 6.37. The second-order valence-electron chi connectivity index (χ2n) is 3.37. The van der Waals surface area contributed by atoms with Crippen LogP contribution in [0.25, 0.3) is 0 Å². The van der Waals surface area contributed by atoms with Gasteiger partial charge in [0.05, 0.1) is 0 Å². The van der Waals surface area contributed by atoms with E-state index in [9.17, 15) is 0 Å². The minimum absolute atomic E-state index is 0.248. The third kappa shape index (κ3) is 1.44. The van der Waals surface area contributed by atoms with Crippen molar-refractivity contribution in [3.63, 3.8) is 0 Å². The molecule has 2 rings (SSSR count). The number of hydrogen-bond donors (Lipinski definition) is 1. The summed E-state index contributed by atoms with van der Waals surface area (Å²) < 4.78 is 5.75. The fourth-order valence-corrected chi connectivity index (χ4v) is 2.01. The van der Waals surface area contributed by atoms with Gasteiger partial charge in [-0.1, -0.05) is 5.21 Å². The molecule has 0 bridgehead atoms. The maximum atomic E-state index is 5.75. The van der Waals surface area contributed by atoms with Crippen molar-refractivity contribution in [1.82, 2.24) is 20.6 Å². The lowest BCUT2D eigenvalue weighted by atomic mass is 10.0. The minimum Gasteiger partial charge on any atom is -0.367 e. The van der Waals surface area contributed by atoms with Crippen LogP contribution in [-0.4, -0.2) is 27.2 Å². The second kappa shape index (κ2) is 3.41. The number of hydrogen-bond acceptors (Lipinski definition) is 4. The van der Waals surface area contributed by atoms with Gasteiger partial charge in [0.1, 0.15) is 5.60 Å². The zero-order chi connectivity index (χ0) is 9.15. The van der Waals surface area contributed by atoms with Crippen molar-refractivity contribution in [2.75, 3.05) is 6.61 Å². The monoisotopic (exact) mass is 182 g/mol. The van der Waals surface area contributed by atoms with Crippen molar-refractivity contribution in [3.8, 4) is 0 Å². The minimum atomic E-state index is -0.248. The normalized spacial score (nSPS) is 20.7. The van der Waals surface area contributed by atoms with Crippen LogP contribution in [0.5, 0.6) is 0 Å². The van der Waals surface area contributed by atoms with Crippen molar-refractivity contribution < 1.29 is 4.74 Å². The van der Waals surface area contributed by atoms with Crippen LogP contribution >= 0.6 is 0 Å². The molecule has 5 nitrogen and oxygen atoms in total. The molecule has 0 spiro atoms. The average molecular weight is 182 g/mol. The van der Waals surface area contributed by atoms with E-state index < -0.39 is 0 Å². The standard InChI is InChI=1S/C8H14N4O/c1-2-13-8(5-3-4-6-8)7-9-11-12-10-7/h2-6H2,1H3,(H,9,10,11,12). The van der Waals surface area contributed by atoms with E-state index >= 15 is 0 Å². The summed E-state index contributed by atoms with van der Waals surface area (Å²) in [5, 5.41) is 14.1. The summed E-state index contributed by atoms with van der Waals surface area (Å²) >= 11 is 0. The molecule has 1 fully saturated rings.